The minimum absolute atomic E-state index is 0.788. The van der Waals surface area contributed by atoms with Gasteiger partial charge >= 0.3 is 0 Å². The first-order chi connectivity index (χ1) is 6.09. The van der Waals surface area contributed by atoms with E-state index in [1.165, 1.54) is 0 Å². The first kappa shape index (κ1) is 9.27. The summed E-state index contributed by atoms with van der Waals surface area (Å²) in [5.41, 5.74) is 2.09. The van der Waals surface area contributed by atoms with Crippen LogP contribution in [0.5, 0.6) is 0 Å². The third kappa shape index (κ3) is 1.44. The van der Waals surface area contributed by atoms with Gasteiger partial charge in [-0.3, -0.25) is 0 Å². The van der Waals surface area contributed by atoms with Gasteiger partial charge in [-0.2, -0.15) is 0 Å². The highest BCUT2D eigenvalue weighted by atomic mass is 127. The van der Waals surface area contributed by atoms with Crippen molar-refractivity contribution in [3.63, 3.8) is 0 Å². The predicted octanol–water partition coefficient (Wildman–Crippen LogP) is 3.14. The van der Waals surface area contributed by atoms with E-state index in [0.717, 1.165) is 25.5 Å². The number of rotatable bonds is 0. The van der Waals surface area contributed by atoms with Crippen molar-refractivity contribution in [3.8, 4) is 0 Å². The molecule has 0 bridgehead atoms. The average Bonchev–Trinajstić information content (AvgIpc) is 2.32. The van der Waals surface area contributed by atoms with Crippen molar-refractivity contribution in [2.75, 3.05) is 0 Å². The fourth-order valence-electron chi connectivity index (χ4n) is 1.31. The molecular weight excluding hydrogens is 298 g/mol. The van der Waals surface area contributed by atoms with Crippen LogP contribution in [-0.4, -0.2) is 9.55 Å². The van der Waals surface area contributed by atoms with E-state index in [1.807, 2.05) is 30.7 Å². The summed E-state index contributed by atoms with van der Waals surface area (Å²) in [6.45, 7) is 1.99. The zero-order valence-corrected chi connectivity index (χ0v) is 10.2. The predicted molar refractivity (Wildman–Crippen MR) is 63.2 cm³/mol. The van der Waals surface area contributed by atoms with Crippen LogP contribution in [0.1, 0.15) is 5.82 Å². The fourth-order valence-corrected chi connectivity index (χ4v) is 1.92. The van der Waals surface area contributed by atoms with E-state index < -0.39 is 0 Å². The molecule has 0 saturated carbocycles. The molecule has 0 aliphatic heterocycles. The summed E-state index contributed by atoms with van der Waals surface area (Å²) in [6, 6.07) is 3.96. The summed E-state index contributed by atoms with van der Waals surface area (Å²) in [4.78, 5) is 4.41. The Morgan fingerprint density at radius 3 is 2.85 bits per heavy atom. The molecule has 0 atom stereocenters. The molecule has 0 saturated heterocycles. The first-order valence-corrected chi connectivity index (χ1v) is 5.33. The average molecular weight is 307 g/mol. The molecule has 2 rings (SSSR count). The Bertz CT molecular complexity index is 476. The van der Waals surface area contributed by atoms with Crippen molar-refractivity contribution in [1.82, 2.24) is 9.55 Å². The molecule has 0 N–H and O–H groups in total. The lowest BCUT2D eigenvalue weighted by atomic mass is 10.3. The fraction of sp³-hybridized carbons (Fsp3) is 0.222. The van der Waals surface area contributed by atoms with Gasteiger partial charge in [-0.25, -0.2) is 4.98 Å². The van der Waals surface area contributed by atoms with E-state index in [0.29, 0.717) is 0 Å². The Morgan fingerprint density at radius 2 is 2.15 bits per heavy atom. The molecule has 0 spiro atoms. The van der Waals surface area contributed by atoms with Crippen molar-refractivity contribution in [3.05, 3.63) is 26.5 Å². The van der Waals surface area contributed by atoms with Crippen molar-refractivity contribution < 1.29 is 0 Å². The van der Waals surface area contributed by atoms with Gasteiger partial charge in [-0.15, -0.1) is 0 Å². The molecular formula is C9H8ClIN2. The second-order valence-corrected chi connectivity index (χ2v) is 4.54. The minimum atomic E-state index is 0.788. The highest BCUT2D eigenvalue weighted by Crippen LogP contribution is 2.25. The summed E-state index contributed by atoms with van der Waals surface area (Å²) < 4.78 is 3.09. The Balaban J connectivity index is 2.89. The Kier molecular flexibility index (Phi) is 2.23. The second kappa shape index (κ2) is 3.13. The van der Waals surface area contributed by atoms with Crippen LogP contribution in [-0.2, 0) is 7.05 Å². The van der Waals surface area contributed by atoms with E-state index in [2.05, 4.69) is 27.6 Å². The molecule has 0 unspecified atom stereocenters. The molecule has 1 aromatic heterocycles. The summed E-state index contributed by atoms with van der Waals surface area (Å²) >= 11 is 8.23. The third-order valence-corrected chi connectivity index (χ3v) is 3.67. The second-order valence-electron chi connectivity index (χ2n) is 2.97. The molecule has 4 heteroatoms. The quantitative estimate of drug-likeness (QED) is 0.684. The number of fused-ring (bicyclic) bond motifs is 1. The van der Waals surface area contributed by atoms with Gasteiger partial charge in [0.2, 0.25) is 0 Å². The van der Waals surface area contributed by atoms with Gasteiger partial charge in [0.05, 0.1) is 16.1 Å². The van der Waals surface area contributed by atoms with Crippen LogP contribution in [0.2, 0.25) is 5.02 Å². The zero-order valence-electron chi connectivity index (χ0n) is 7.31. The van der Waals surface area contributed by atoms with Crippen LogP contribution >= 0.6 is 34.2 Å². The lowest BCUT2D eigenvalue weighted by Gasteiger charge is -1.98. The van der Waals surface area contributed by atoms with Gasteiger partial charge < -0.3 is 4.57 Å². The Morgan fingerprint density at radius 1 is 1.46 bits per heavy atom. The smallest absolute Gasteiger partial charge is 0.106 e. The molecule has 13 heavy (non-hydrogen) atoms. The maximum Gasteiger partial charge on any atom is 0.106 e. The van der Waals surface area contributed by atoms with Crippen molar-refractivity contribution in [2.45, 2.75) is 6.92 Å². The van der Waals surface area contributed by atoms with Crippen LogP contribution in [0, 0.1) is 10.5 Å². The van der Waals surface area contributed by atoms with E-state index in [9.17, 15) is 0 Å². The van der Waals surface area contributed by atoms with Crippen LogP contribution in [0.3, 0.4) is 0 Å². The van der Waals surface area contributed by atoms with Gasteiger partial charge in [0, 0.05) is 10.6 Å². The van der Waals surface area contributed by atoms with Gasteiger partial charge in [-0.05, 0) is 41.6 Å². The van der Waals surface area contributed by atoms with Crippen LogP contribution in [0.15, 0.2) is 12.1 Å². The van der Waals surface area contributed by atoms with Crippen molar-refractivity contribution in [1.29, 1.82) is 0 Å². The monoisotopic (exact) mass is 306 g/mol. The van der Waals surface area contributed by atoms with Gasteiger partial charge in [0.25, 0.3) is 0 Å². The molecule has 0 aliphatic carbocycles. The number of benzene rings is 1. The zero-order chi connectivity index (χ0) is 9.59. The highest BCUT2D eigenvalue weighted by molar-refractivity contribution is 14.1. The number of aryl methyl sites for hydroxylation is 2. The van der Waals surface area contributed by atoms with Gasteiger partial charge in [0.15, 0.2) is 0 Å². The molecule has 68 valence electrons. The molecule has 1 heterocycles. The van der Waals surface area contributed by atoms with Crippen LogP contribution in [0.4, 0.5) is 0 Å². The van der Waals surface area contributed by atoms with Crippen LogP contribution in [0.25, 0.3) is 11.0 Å². The lowest BCUT2D eigenvalue weighted by Crippen LogP contribution is -1.90. The van der Waals surface area contributed by atoms with Crippen LogP contribution < -0.4 is 0 Å². The Labute approximate surface area is 95.0 Å². The summed E-state index contributed by atoms with van der Waals surface area (Å²) in [5.74, 6) is 1.01. The first-order valence-electron chi connectivity index (χ1n) is 3.87. The highest BCUT2D eigenvalue weighted by Gasteiger charge is 2.06. The normalized spacial score (nSPS) is 11.1. The van der Waals surface area contributed by atoms with Crippen molar-refractivity contribution >= 4 is 45.2 Å². The molecule has 2 nitrogen and oxygen atoms in total. The molecule has 1 aromatic carbocycles. The van der Waals surface area contributed by atoms with E-state index in [-0.39, 0.29) is 0 Å². The Hall–Kier alpha value is -0.290. The molecule has 0 radical (unpaired) electrons. The maximum absolute atomic E-state index is 6.02. The SMILES string of the molecule is Cc1nc2cc(I)c(Cl)cc2n1C. The van der Waals surface area contributed by atoms with E-state index in [1.54, 1.807) is 0 Å². The number of aromatic nitrogens is 2. The summed E-state index contributed by atoms with van der Waals surface area (Å²) in [7, 11) is 1.99. The van der Waals surface area contributed by atoms with E-state index in [4.69, 9.17) is 11.6 Å². The minimum Gasteiger partial charge on any atom is -0.331 e. The molecule has 0 fully saturated rings. The maximum atomic E-state index is 6.02. The molecule has 0 amide bonds. The standard InChI is InChI=1S/C9H8ClIN2/c1-5-12-8-4-7(11)6(10)3-9(8)13(5)2/h3-4H,1-2H3. The molecule has 0 aliphatic rings. The summed E-state index contributed by atoms with van der Waals surface area (Å²) in [6.07, 6.45) is 0. The number of imidazole rings is 1. The van der Waals surface area contributed by atoms with Gasteiger partial charge in [-0.1, -0.05) is 11.6 Å². The number of nitrogens with zero attached hydrogens (tertiary/aromatic N) is 2. The number of hydrogen-bond donors (Lipinski definition) is 0. The largest absolute Gasteiger partial charge is 0.331 e. The number of hydrogen-bond acceptors (Lipinski definition) is 1. The van der Waals surface area contributed by atoms with Gasteiger partial charge in [0.1, 0.15) is 5.82 Å². The third-order valence-electron chi connectivity index (χ3n) is 2.15. The van der Waals surface area contributed by atoms with Crippen molar-refractivity contribution in [2.24, 2.45) is 7.05 Å². The lowest BCUT2D eigenvalue weighted by molar-refractivity contribution is 0.886. The molecule has 2 aromatic rings. The summed E-state index contributed by atoms with van der Waals surface area (Å²) in [5, 5.41) is 0.788. The number of halogens is 2. The topological polar surface area (TPSA) is 17.8 Å². The van der Waals surface area contributed by atoms with E-state index >= 15 is 0 Å².